The van der Waals surface area contributed by atoms with Crippen LogP contribution >= 0.6 is 0 Å². The van der Waals surface area contributed by atoms with Gasteiger partial charge in [0.05, 0.1) is 6.10 Å². The lowest BCUT2D eigenvalue weighted by Crippen LogP contribution is -2.00. The summed E-state index contributed by atoms with van der Waals surface area (Å²) in [6.07, 6.45) is 13.5. The molecule has 0 spiro atoms. The van der Waals surface area contributed by atoms with Gasteiger partial charge in [0, 0.05) is 6.42 Å². The van der Waals surface area contributed by atoms with E-state index in [1.807, 2.05) is 20.6 Å². The second-order valence-electron chi connectivity index (χ2n) is 5.61. The number of carbonyl (C=O) groups excluding carboxylic acids is 1. The summed E-state index contributed by atoms with van der Waals surface area (Å²) in [5.41, 5.74) is 0. The standard InChI is InChI=1S/C10H22.C7H14O3.C2H6.CH2O/c1-3-5-7-9-10-8-6-4-2;1-6(8)4-2-3-5-7(9)10;2*1-2/h3-10H2,1-2H3;6,8H,2-5H2,1H3,(H,9,10);1-2H3;1H2. The van der Waals surface area contributed by atoms with Crippen molar-refractivity contribution in [2.24, 2.45) is 0 Å². The normalized spacial score (nSPS) is 10.1. The molecular weight excluding hydrogens is 304 g/mol. The van der Waals surface area contributed by atoms with E-state index in [9.17, 15) is 4.79 Å². The van der Waals surface area contributed by atoms with E-state index in [0.29, 0.717) is 12.8 Å². The van der Waals surface area contributed by atoms with E-state index in [2.05, 4.69) is 13.8 Å². The lowest BCUT2D eigenvalue weighted by atomic mass is 10.1. The van der Waals surface area contributed by atoms with E-state index in [1.54, 1.807) is 6.92 Å². The molecule has 0 amide bonds. The Labute approximate surface area is 151 Å². The van der Waals surface area contributed by atoms with Gasteiger partial charge in [-0.15, -0.1) is 0 Å². The number of carboxylic acids is 1. The fraction of sp³-hybridized carbons (Fsp3) is 0.900. The maximum atomic E-state index is 9.98. The van der Waals surface area contributed by atoms with Crippen LogP contribution in [0.5, 0.6) is 0 Å². The molecule has 0 aliphatic heterocycles. The van der Waals surface area contributed by atoms with Crippen molar-refractivity contribution < 1.29 is 19.8 Å². The number of aliphatic hydroxyl groups is 1. The number of rotatable bonds is 12. The molecule has 0 fully saturated rings. The van der Waals surface area contributed by atoms with E-state index in [4.69, 9.17) is 15.0 Å². The summed E-state index contributed by atoms with van der Waals surface area (Å²) >= 11 is 0. The Morgan fingerprint density at radius 1 is 0.833 bits per heavy atom. The third-order valence-electron chi connectivity index (χ3n) is 3.22. The van der Waals surface area contributed by atoms with Crippen LogP contribution in [0, 0.1) is 0 Å². The number of hydrogen-bond donors (Lipinski definition) is 2. The van der Waals surface area contributed by atoms with Crippen LogP contribution in [-0.4, -0.2) is 29.1 Å². The first-order chi connectivity index (χ1) is 11.5. The van der Waals surface area contributed by atoms with Crippen molar-refractivity contribution in [2.75, 3.05) is 0 Å². The first kappa shape index (κ1) is 30.9. The minimum atomic E-state index is -0.759. The van der Waals surface area contributed by atoms with Gasteiger partial charge in [-0.05, 0) is 19.8 Å². The predicted octanol–water partition coefficient (Wildman–Crippen LogP) is 6.00. The molecule has 0 saturated carbocycles. The van der Waals surface area contributed by atoms with Gasteiger partial charge in [0.1, 0.15) is 6.79 Å². The van der Waals surface area contributed by atoms with E-state index >= 15 is 0 Å². The van der Waals surface area contributed by atoms with Crippen LogP contribution in [0.1, 0.15) is 112 Å². The molecule has 0 bridgehead atoms. The Morgan fingerprint density at radius 2 is 1.21 bits per heavy atom. The molecule has 2 N–H and O–H groups in total. The first-order valence-electron chi connectivity index (χ1n) is 9.73. The molecule has 0 saturated heterocycles. The summed E-state index contributed by atoms with van der Waals surface area (Å²) < 4.78 is 0. The number of carboxylic acid groups (broad SMARTS) is 1. The average Bonchev–Trinajstić information content (AvgIpc) is 2.59. The zero-order chi connectivity index (χ0) is 19.6. The Morgan fingerprint density at radius 3 is 1.50 bits per heavy atom. The zero-order valence-corrected chi connectivity index (χ0v) is 17.0. The summed E-state index contributed by atoms with van der Waals surface area (Å²) in [5.74, 6) is -0.759. The van der Waals surface area contributed by atoms with E-state index in [-0.39, 0.29) is 12.5 Å². The van der Waals surface area contributed by atoms with Crippen molar-refractivity contribution in [3.63, 3.8) is 0 Å². The Kier molecular flexibility index (Phi) is 43.4. The van der Waals surface area contributed by atoms with Crippen molar-refractivity contribution >= 4 is 12.8 Å². The number of aliphatic hydroxyl groups excluding tert-OH is 1. The third kappa shape index (κ3) is 49.7. The molecule has 1 unspecified atom stereocenters. The molecule has 0 heterocycles. The van der Waals surface area contributed by atoms with Crippen molar-refractivity contribution in [3.05, 3.63) is 0 Å². The molecule has 4 nitrogen and oxygen atoms in total. The molecule has 0 aliphatic rings. The van der Waals surface area contributed by atoms with E-state index < -0.39 is 5.97 Å². The highest BCUT2D eigenvalue weighted by Gasteiger charge is 1.98. The van der Waals surface area contributed by atoms with Crippen LogP contribution in [0.25, 0.3) is 0 Å². The highest BCUT2D eigenvalue weighted by Crippen LogP contribution is 2.07. The van der Waals surface area contributed by atoms with Gasteiger partial charge in [0.15, 0.2) is 0 Å². The predicted molar refractivity (Wildman–Crippen MR) is 105 cm³/mol. The van der Waals surface area contributed by atoms with Crippen molar-refractivity contribution in [3.8, 4) is 0 Å². The van der Waals surface area contributed by atoms with Gasteiger partial charge in [-0.3, -0.25) is 4.79 Å². The molecule has 0 aromatic carbocycles. The second-order valence-corrected chi connectivity index (χ2v) is 5.61. The van der Waals surface area contributed by atoms with Gasteiger partial charge in [-0.1, -0.05) is 85.5 Å². The number of carbonyl (C=O) groups is 2. The molecule has 0 rings (SSSR count). The fourth-order valence-electron chi connectivity index (χ4n) is 1.92. The van der Waals surface area contributed by atoms with Crippen LogP contribution in [0.4, 0.5) is 0 Å². The maximum absolute atomic E-state index is 9.98. The Hall–Kier alpha value is -0.900. The Bertz CT molecular complexity index is 198. The first-order valence-corrected chi connectivity index (χ1v) is 9.73. The summed E-state index contributed by atoms with van der Waals surface area (Å²) in [4.78, 5) is 18.0. The maximum Gasteiger partial charge on any atom is 0.303 e. The van der Waals surface area contributed by atoms with Gasteiger partial charge < -0.3 is 15.0 Å². The second kappa shape index (κ2) is 33.6. The van der Waals surface area contributed by atoms with Crippen LogP contribution in [0.3, 0.4) is 0 Å². The van der Waals surface area contributed by atoms with Crippen LogP contribution < -0.4 is 0 Å². The molecular formula is C20H44O4. The smallest absolute Gasteiger partial charge is 0.303 e. The number of hydrogen-bond acceptors (Lipinski definition) is 3. The highest BCUT2D eigenvalue weighted by molar-refractivity contribution is 5.66. The molecule has 0 aliphatic carbocycles. The van der Waals surface area contributed by atoms with Gasteiger partial charge >= 0.3 is 5.97 Å². The minimum absolute atomic E-state index is 0.215. The van der Waals surface area contributed by atoms with Gasteiger partial charge in [0.2, 0.25) is 0 Å². The Balaban J connectivity index is -0.000000138. The minimum Gasteiger partial charge on any atom is -0.481 e. The molecule has 1 atom stereocenters. The molecule has 24 heavy (non-hydrogen) atoms. The van der Waals surface area contributed by atoms with Crippen LogP contribution in [0.15, 0.2) is 0 Å². The summed E-state index contributed by atoms with van der Waals surface area (Å²) in [5, 5.41) is 17.0. The molecule has 0 aromatic heterocycles. The molecule has 148 valence electrons. The molecule has 0 aromatic rings. The summed E-state index contributed by atoms with van der Waals surface area (Å²) in [6.45, 7) is 12.2. The molecule has 0 radical (unpaired) electrons. The van der Waals surface area contributed by atoms with Gasteiger partial charge in [-0.2, -0.15) is 0 Å². The van der Waals surface area contributed by atoms with Crippen molar-refractivity contribution in [1.82, 2.24) is 0 Å². The van der Waals surface area contributed by atoms with Crippen molar-refractivity contribution in [1.29, 1.82) is 0 Å². The third-order valence-corrected chi connectivity index (χ3v) is 3.22. The largest absolute Gasteiger partial charge is 0.481 e. The zero-order valence-electron chi connectivity index (χ0n) is 17.0. The van der Waals surface area contributed by atoms with Gasteiger partial charge in [-0.25, -0.2) is 0 Å². The van der Waals surface area contributed by atoms with Gasteiger partial charge in [0.25, 0.3) is 0 Å². The van der Waals surface area contributed by atoms with Crippen molar-refractivity contribution in [2.45, 2.75) is 118 Å². The average molecular weight is 349 g/mol. The number of aliphatic carboxylic acids is 1. The SMILES string of the molecule is C=O.CC.CC(O)CCCCC(=O)O.CCCCCCCCCC. The lowest BCUT2D eigenvalue weighted by Gasteiger charge is -2.00. The quantitative estimate of drug-likeness (QED) is 0.424. The van der Waals surface area contributed by atoms with Crippen LogP contribution in [-0.2, 0) is 9.59 Å². The van der Waals surface area contributed by atoms with E-state index in [0.717, 1.165) is 6.42 Å². The highest BCUT2D eigenvalue weighted by atomic mass is 16.4. The fourth-order valence-corrected chi connectivity index (χ4v) is 1.92. The number of unbranched alkanes of at least 4 members (excludes halogenated alkanes) is 8. The summed E-state index contributed by atoms with van der Waals surface area (Å²) in [7, 11) is 0. The lowest BCUT2D eigenvalue weighted by molar-refractivity contribution is -0.137. The molecule has 4 heteroatoms. The summed E-state index contributed by atoms with van der Waals surface area (Å²) in [6, 6.07) is 0. The topological polar surface area (TPSA) is 74.6 Å². The monoisotopic (exact) mass is 348 g/mol. The van der Waals surface area contributed by atoms with E-state index in [1.165, 1.54) is 51.4 Å². The van der Waals surface area contributed by atoms with Crippen LogP contribution in [0.2, 0.25) is 0 Å².